The van der Waals surface area contributed by atoms with Crippen LogP contribution in [0.3, 0.4) is 0 Å². The topological polar surface area (TPSA) is 119 Å². The van der Waals surface area contributed by atoms with E-state index in [1.54, 1.807) is 4.68 Å². The van der Waals surface area contributed by atoms with Crippen molar-refractivity contribution in [3.05, 3.63) is 47.8 Å². The van der Waals surface area contributed by atoms with Gasteiger partial charge in [0, 0.05) is 19.5 Å². The number of carboxylic acid groups (broad SMARTS) is 1. The number of carboxylic acids is 1. The van der Waals surface area contributed by atoms with Crippen molar-refractivity contribution in [2.45, 2.75) is 50.2 Å². The molecular formula is C21H27N5O5. The number of hydrogen-bond donors (Lipinski definition) is 2. The predicted molar refractivity (Wildman–Crippen MR) is 109 cm³/mol. The molecule has 3 heterocycles. The molecule has 0 spiro atoms. The molecule has 0 radical (unpaired) electrons. The van der Waals surface area contributed by atoms with E-state index >= 15 is 0 Å². The quantitative estimate of drug-likeness (QED) is 0.595. The van der Waals surface area contributed by atoms with Crippen LogP contribution in [0.15, 0.2) is 36.5 Å². The lowest BCUT2D eigenvalue weighted by Crippen LogP contribution is -2.44. The van der Waals surface area contributed by atoms with Crippen molar-refractivity contribution in [3.8, 4) is 0 Å². The third kappa shape index (κ3) is 5.27. The SMILES string of the molecule is CN(Cc1ccccc1)Cc1cn(C2COC3C(NC(=O)CCC(=O)O)COC32)nn1. The van der Waals surface area contributed by atoms with Crippen molar-refractivity contribution in [2.24, 2.45) is 0 Å². The van der Waals surface area contributed by atoms with Gasteiger partial charge in [-0.05, 0) is 12.6 Å². The summed E-state index contributed by atoms with van der Waals surface area (Å²) < 4.78 is 13.6. The summed E-state index contributed by atoms with van der Waals surface area (Å²) in [6.07, 6.45) is 1.14. The Morgan fingerprint density at radius 1 is 1.16 bits per heavy atom. The number of fused-ring (bicyclic) bond motifs is 1. The zero-order valence-corrected chi connectivity index (χ0v) is 17.4. The molecule has 2 aromatic rings. The first-order valence-electron chi connectivity index (χ1n) is 10.4. The van der Waals surface area contributed by atoms with Crippen molar-refractivity contribution < 1.29 is 24.2 Å². The van der Waals surface area contributed by atoms with Gasteiger partial charge in [-0.15, -0.1) is 5.10 Å². The highest BCUT2D eigenvalue weighted by molar-refractivity contribution is 5.80. The third-order valence-corrected chi connectivity index (χ3v) is 5.56. The lowest BCUT2D eigenvalue weighted by atomic mass is 10.1. The summed E-state index contributed by atoms with van der Waals surface area (Å²) in [4.78, 5) is 24.8. The van der Waals surface area contributed by atoms with Gasteiger partial charge in [0.2, 0.25) is 5.91 Å². The number of amides is 1. The minimum Gasteiger partial charge on any atom is -0.481 e. The van der Waals surface area contributed by atoms with Crippen molar-refractivity contribution in [1.82, 2.24) is 25.2 Å². The van der Waals surface area contributed by atoms with Crippen LogP contribution < -0.4 is 5.32 Å². The number of rotatable bonds is 9. The highest BCUT2D eigenvalue weighted by Gasteiger charge is 2.49. The molecule has 0 aliphatic carbocycles. The Morgan fingerprint density at radius 2 is 1.94 bits per heavy atom. The van der Waals surface area contributed by atoms with E-state index in [9.17, 15) is 9.59 Å². The maximum Gasteiger partial charge on any atom is 0.303 e. The number of carbonyl (C=O) groups excluding carboxylic acids is 1. The van der Waals surface area contributed by atoms with Gasteiger partial charge in [0.05, 0.1) is 37.6 Å². The molecule has 2 fully saturated rings. The van der Waals surface area contributed by atoms with E-state index in [0.29, 0.717) is 19.8 Å². The summed E-state index contributed by atoms with van der Waals surface area (Å²) in [5.74, 6) is -1.31. The highest BCUT2D eigenvalue weighted by atomic mass is 16.6. The standard InChI is InChI=1S/C21H27N5O5/c1-25(9-14-5-3-2-4-6-14)10-15-11-26(24-23-15)17-13-31-20-16(12-30-21(17)20)22-18(27)7-8-19(28)29/h2-6,11,16-17,20-21H,7-10,12-13H2,1H3,(H,22,27)(H,28,29). The average molecular weight is 429 g/mol. The number of carbonyl (C=O) groups is 2. The Hall–Kier alpha value is -2.82. The van der Waals surface area contributed by atoms with Gasteiger partial charge < -0.3 is 19.9 Å². The monoisotopic (exact) mass is 429 g/mol. The largest absolute Gasteiger partial charge is 0.481 e. The van der Waals surface area contributed by atoms with Gasteiger partial charge >= 0.3 is 5.97 Å². The molecule has 2 saturated heterocycles. The second-order valence-electron chi connectivity index (χ2n) is 8.08. The van der Waals surface area contributed by atoms with Crippen LogP contribution in [0.5, 0.6) is 0 Å². The second kappa shape index (κ2) is 9.54. The van der Waals surface area contributed by atoms with Crippen LogP contribution in [0.25, 0.3) is 0 Å². The molecule has 2 aliphatic rings. The summed E-state index contributed by atoms with van der Waals surface area (Å²) in [6.45, 7) is 2.22. The van der Waals surface area contributed by atoms with E-state index in [2.05, 4.69) is 32.7 Å². The molecule has 1 aromatic heterocycles. The van der Waals surface area contributed by atoms with Gasteiger partial charge in [-0.25, -0.2) is 4.68 Å². The fourth-order valence-corrected chi connectivity index (χ4v) is 4.10. The molecule has 10 nitrogen and oxygen atoms in total. The molecule has 1 amide bonds. The summed E-state index contributed by atoms with van der Waals surface area (Å²) in [5.41, 5.74) is 2.10. The highest BCUT2D eigenvalue weighted by Crippen LogP contribution is 2.34. The number of hydrogen-bond acceptors (Lipinski definition) is 7. The van der Waals surface area contributed by atoms with Crippen molar-refractivity contribution >= 4 is 11.9 Å². The molecule has 4 rings (SSSR count). The van der Waals surface area contributed by atoms with E-state index in [1.807, 2.05) is 31.4 Å². The van der Waals surface area contributed by atoms with Crippen LogP contribution in [0.4, 0.5) is 0 Å². The molecule has 31 heavy (non-hydrogen) atoms. The van der Waals surface area contributed by atoms with Crippen molar-refractivity contribution in [2.75, 3.05) is 20.3 Å². The number of benzene rings is 1. The van der Waals surface area contributed by atoms with Crippen LogP contribution in [0.1, 0.15) is 30.1 Å². The maximum absolute atomic E-state index is 12.0. The first-order valence-corrected chi connectivity index (χ1v) is 10.4. The maximum atomic E-state index is 12.0. The van der Waals surface area contributed by atoms with E-state index in [4.69, 9.17) is 14.6 Å². The fraction of sp³-hybridized carbons (Fsp3) is 0.524. The Kier molecular flexibility index (Phi) is 6.59. The molecule has 4 unspecified atom stereocenters. The molecule has 0 saturated carbocycles. The van der Waals surface area contributed by atoms with Gasteiger partial charge in [0.1, 0.15) is 18.2 Å². The minimum absolute atomic E-state index is 0.0599. The lowest BCUT2D eigenvalue weighted by molar-refractivity contribution is -0.139. The number of aliphatic carboxylic acids is 1. The van der Waals surface area contributed by atoms with Gasteiger partial charge in [-0.1, -0.05) is 35.5 Å². The zero-order valence-electron chi connectivity index (χ0n) is 17.4. The van der Waals surface area contributed by atoms with E-state index in [-0.39, 0.29) is 43.0 Å². The van der Waals surface area contributed by atoms with Gasteiger partial charge in [-0.3, -0.25) is 14.5 Å². The van der Waals surface area contributed by atoms with E-state index < -0.39 is 5.97 Å². The van der Waals surface area contributed by atoms with Crippen molar-refractivity contribution in [1.29, 1.82) is 0 Å². The zero-order chi connectivity index (χ0) is 21.8. The van der Waals surface area contributed by atoms with E-state index in [1.165, 1.54) is 5.56 Å². The van der Waals surface area contributed by atoms with Crippen molar-refractivity contribution in [3.63, 3.8) is 0 Å². The smallest absolute Gasteiger partial charge is 0.303 e. The molecule has 0 bridgehead atoms. The predicted octanol–water partition coefficient (Wildman–Crippen LogP) is 0.598. The summed E-state index contributed by atoms with van der Waals surface area (Å²) in [5, 5.41) is 20.1. The average Bonchev–Trinajstić information content (AvgIpc) is 3.45. The van der Waals surface area contributed by atoms with Crippen LogP contribution in [-0.2, 0) is 32.2 Å². The van der Waals surface area contributed by atoms with Gasteiger partial charge in [-0.2, -0.15) is 0 Å². The first-order chi connectivity index (χ1) is 15.0. The second-order valence-corrected chi connectivity index (χ2v) is 8.08. The molecule has 2 aliphatic heterocycles. The number of aromatic nitrogens is 3. The molecular weight excluding hydrogens is 402 g/mol. The van der Waals surface area contributed by atoms with Crippen LogP contribution >= 0.6 is 0 Å². The molecule has 4 atom stereocenters. The Bertz CT molecular complexity index is 905. The summed E-state index contributed by atoms with van der Waals surface area (Å²) in [6, 6.07) is 9.83. The molecule has 2 N–H and O–H groups in total. The first kappa shape index (κ1) is 21.4. The number of ether oxygens (including phenoxy) is 2. The molecule has 166 valence electrons. The number of nitrogens with zero attached hydrogens (tertiary/aromatic N) is 4. The fourth-order valence-electron chi connectivity index (χ4n) is 4.10. The van der Waals surface area contributed by atoms with Gasteiger partial charge in [0.25, 0.3) is 0 Å². The Balaban J connectivity index is 1.31. The third-order valence-electron chi connectivity index (χ3n) is 5.56. The minimum atomic E-state index is -0.996. The molecule has 1 aromatic carbocycles. The normalized spacial score (nSPS) is 25.0. The lowest BCUT2D eigenvalue weighted by Gasteiger charge is -2.17. The van der Waals surface area contributed by atoms with Crippen LogP contribution in [-0.4, -0.2) is 75.4 Å². The Labute approximate surface area is 180 Å². The van der Waals surface area contributed by atoms with Crippen LogP contribution in [0.2, 0.25) is 0 Å². The summed E-state index contributed by atoms with van der Waals surface area (Å²) in [7, 11) is 2.04. The van der Waals surface area contributed by atoms with E-state index in [0.717, 1.165) is 12.2 Å². The Morgan fingerprint density at radius 3 is 2.71 bits per heavy atom. The molecule has 10 heteroatoms. The summed E-state index contributed by atoms with van der Waals surface area (Å²) >= 11 is 0. The van der Waals surface area contributed by atoms with Gasteiger partial charge in [0.15, 0.2) is 0 Å². The number of nitrogens with one attached hydrogen (secondary N) is 1. The van der Waals surface area contributed by atoms with Crippen LogP contribution in [0, 0.1) is 0 Å².